The number of nitrogens with two attached hydrogens (primary N) is 1. The molecule has 0 spiro atoms. The molecule has 0 aromatic heterocycles. The van der Waals surface area contributed by atoms with Crippen molar-refractivity contribution in [3.63, 3.8) is 0 Å². The molecule has 1 aromatic carbocycles. The number of benzene rings is 1. The number of hydrogen-bond acceptors (Lipinski definition) is 3. The van der Waals surface area contributed by atoms with E-state index in [1.54, 1.807) is 12.2 Å². The van der Waals surface area contributed by atoms with Gasteiger partial charge in [0.15, 0.2) is 0 Å². The number of unbranched alkanes of at least 4 members (excludes halogenated alkanes) is 2. The Morgan fingerprint density at radius 1 is 1.37 bits per heavy atom. The zero-order valence-corrected chi connectivity index (χ0v) is 12.2. The van der Waals surface area contributed by atoms with Crippen molar-refractivity contribution in [2.24, 2.45) is 0 Å². The lowest BCUT2D eigenvalue weighted by Gasteiger charge is -2.02. The molecular weight excluding hydrogens is 256 g/mol. The number of amides is 1. The molecule has 3 N–H and O–H groups in total. The molecule has 0 aliphatic rings. The summed E-state index contributed by atoms with van der Waals surface area (Å²) in [6.07, 6.45) is 8.87. The molecule has 3 nitrogen and oxygen atoms in total. The fourth-order valence-corrected chi connectivity index (χ4v) is 2.15. The van der Waals surface area contributed by atoms with Crippen LogP contribution in [0.4, 0.5) is 5.69 Å². The molecule has 0 aliphatic heterocycles. The van der Waals surface area contributed by atoms with Crippen LogP contribution >= 0.6 is 11.8 Å². The van der Waals surface area contributed by atoms with Crippen molar-refractivity contribution in [3.05, 3.63) is 35.9 Å². The third-order valence-corrected chi connectivity index (χ3v) is 3.36. The van der Waals surface area contributed by atoms with Crippen molar-refractivity contribution in [2.45, 2.75) is 19.3 Å². The molecule has 0 atom stereocenters. The van der Waals surface area contributed by atoms with Crippen LogP contribution < -0.4 is 11.1 Å². The first-order chi connectivity index (χ1) is 9.22. The van der Waals surface area contributed by atoms with E-state index < -0.39 is 0 Å². The normalized spacial score (nSPS) is 10.8. The highest BCUT2D eigenvalue weighted by atomic mass is 32.2. The maximum atomic E-state index is 11.6. The minimum Gasteiger partial charge on any atom is -0.399 e. The van der Waals surface area contributed by atoms with E-state index in [1.807, 2.05) is 36.0 Å². The largest absolute Gasteiger partial charge is 0.399 e. The first-order valence-corrected chi connectivity index (χ1v) is 7.92. The minimum atomic E-state index is -0.0488. The van der Waals surface area contributed by atoms with Crippen LogP contribution in [-0.4, -0.2) is 24.5 Å². The molecule has 0 unspecified atom stereocenters. The molecule has 0 aliphatic carbocycles. The zero-order chi connectivity index (χ0) is 13.9. The van der Waals surface area contributed by atoms with Crippen LogP contribution in [0, 0.1) is 0 Å². The van der Waals surface area contributed by atoms with Crippen LogP contribution in [0.25, 0.3) is 6.08 Å². The van der Waals surface area contributed by atoms with Gasteiger partial charge in [-0.25, -0.2) is 0 Å². The second-order valence-corrected chi connectivity index (χ2v) is 5.33. The molecule has 0 fully saturated rings. The number of hydrogen-bond donors (Lipinski definition) is 2. The zero-order valence-electron chi connectivity index (χ0n) is 11.4. The maximum absolute atomic E-state index is 11.6. The second-order valence-electron chi connectivity index (χ2n) is 4.35. The van der Waals surface area contributed by atoms with Gasteiger partial charge in [0, 0.05) is 18.3 Å². The standard InChI is InChI=1S/C15H22N2OS/c1-19-11-4-2-3-10-17-15(18)9-8-13-6-5-7-14(16)12-13/h5-9,12H,2-4,10-11,16H2,1H3,(H,17,18)/b9-8+. The monoisotopic (exact) mass is 278 g/mol. The van der Waals surface area contributed by atoms with E-state index in [-0.39, 0.29) is 5.91 Å². The summed E-state index contributed by atoms with van der Waals surface area (Å²) in [4.78, 5) is 11.6. The summed E-state index contributed by atoms with van der Waals surface area (Å²) in [5.74, 6) is 1.15. The molecule has 19 heavy (non-hydrogen) atoms. The third kappa shape index (κ3) is 7.57. The van der Waals surface area contributed by atoms with Gasteiger partial charge in [-0.05, 0) is 48.6 Å². The first kappa shape index (κ1) is 15.6. The van der Waals surface area contributed by atoms with Gasteiger partial charge in [0.25, 0.3) is 0 Å². The number of rotatable bonds is 8. The Balaban J connectivity index is 2.20. The molecule has 104 valence electrons. The number of carbonyl (C=O) groups excluding carboxylic acids is 1. The molecule has 0 heterocycles. The highest BCUT2D eigenvalue weighted by Gasteiger charge is 1.95. The fourth-order valence-electron chi connectivity index (χ4n) is 1.65. The van der Waals surface area contributed by atoms with Crippen LogP contribution in [0.15, 0.2) is 30.3 Å². The van der Waals surface area contributed by atoms with Gasteiger partial charge in [-0.15, -0.1) is 0 Å². The van der Waals surface area contributed by atoms with E-state index in [9.17, 15) is 4.79 Å². The number of nitrogens with one attached hydrogen (secondary N) is 1. The van der Waals surface area contributed by atoms with Gasteiger partial charge in [-0.3, -0.25) is 4.79 Å². The van der Waals surface area contributed by atoms with Crippen molar-refractivity contribution >= 4 is 29.4 Å². The van der Waals surface area contributed by atoms with E-state index in [2.05, 4.69) is 11.6 Å². The molecule has 0 radical (unpaired) electrons. The third-order valence-electron chi connectivity index (χ3n) is 2.66. The number of carbonyl (C=O) groups is 1. The molecule has 0 saturated heterocycles. The van der Waals surface area contributed by atoms with E-state index in [0.29, 0.717) is 5.69 Å². The summed E-state index contributed by atoms with van der Waals surface area (Å²) in [5, 5.41) is 2.88. The fraction of sp³-hybridized carbons (Fsp3) is 0.400. The van der Waals surface area contributed by atoms with Crippen LogP contribution in [0.5, 0.6) is 0 Å². The Hall–Kier alpha value is -1.42. The predicted molar refractivity (Wildman–Crippen MR) is 85.1 cm³/mol. The quantitative estimate of drug-likeness (QED) is 0.437. The van der Waals surface area contributed by atoms with Gasteiger partial charge in [0.2, 0.25) is 5.91 Å². The van der Waals surface area contributed by atoms with Gasteiger partial charge in [-0.1, -0.05) is 18.6 Å². The van der Waals surface area contributed by atoms with E-state index in [4.69, 9.17) is 5.73 Å². The van der Waals surface area contributed by atoms with Gasteiger partial charge in [-0.2, -0.15) is 11.8 Å². The molecular formula is C15H22N2OS. The summed E-state index contributed by atoms with van der Waals surface area (Å²) in [6, 6.07) is 7.46. The summed E-state index contributed by atoms with van der Waals surface area (Å²) < 4.78 is 0. The number of thioether (sulfide) groups is 1. The lowest BCUT2D eigenvalue weighted by Crippen LogP contribution is -2.21. The predicted octanol–water partition coefficient (Wildman–Crippen LogP) is 2.93. The molecule has 0 saturated carbocycles. The van der Waals surface area contributed by atoms with Crippen molar-refractivity contribution in [3.8, 4) is 0 Å². The molecule has 1 aromatic rings. The number of nitrogen functional groups attached to an aromatic ring is 1. The van der Waals surface area contributed by atoms with Crippen LogP contribution in [-0.2, 0) is 4.79 Å². The second kappa shape index (κ2) is 9.50. The first-order valence-electron chi connectivity index (χ1n) is 6.53. The SMILES string of the molecule is CSCCCCCNC(=O)/C=C/c1cccc(N)c1. The van der Waals surface area contributed by atoms with Crippen LogP contribution in [0.1, 0.15) is 24.8 Å². The van der Waals surface area contributed by atoms with Gasteiger partial charge in [0.1, 0.15) is 0 Å². The Morgan fingerprint density at radius 3 is 2.95 bits per heavy atom. The lowest BCUT2D eigenvalue weighted by atomic mass is 10.2. The van der Waals surface area contributed by atoms with Gasteiger partial charge in [0.05, 0.1) is 0 Å². The van der Waals surface area contributed by atoms with E-state index in [0.717, 1.165) is 18.5 Å². The summed E-state index contributed by atoms with van der Waals surface area (Å²) in [6.45, 7) is 0.745. The molecule has 4 heteroatoms. The van der Waals surface area contributed by atoms with Crippen molar-refractivity contribution in [1.82, 2.24) is 5.32 Å². The Kier molecular flexibility index (Phi) is 7.82. The molecule has 1 amide bonds. The maximum Gasteiger partial charge on any atom is 0.243 e. The highest BCUT2D eigenvalue weighted by Crippen LogP contribution is 2.07. The summed E-state index contributed by atoms with van der Waals surface area (Å²) in [7, 11) is 0. The van der Waals surface area contributed by atoms with E-state index in [1.165, 1.54) is 18.6 Å². The van der Waals surface area contributed by atoms with Crippen molar-refractivity contribution < 1.29 is 4.79 Å². The van der Waals surface area contributed by atoms with Gasteiger partial charge >= 0.3 is 0 Å². The Labute approximate surface area is 119 Å². The average Bonchev–Trinajstić information content (AvgIpc) is 2.40. The molecule has 0 bridgehead atoms. The highest BCUT2D eigenvalue weighted by molar-refractivity contribution is 7.98. The number of anilines is 1. The van der Waals surface area contributed by atoms with Gasteiger partial charge < -0.3 is 11.1 Å². The van der Waals surface area contributed by atoms with Crippen LogP contribution in [0.2, 0.25) is 0 Å². The van der Waals surface area contributed by atoms with Crippen molar-refractivity contribution in [1.29, 1.82) is 0 Å². The Bertz CT molecular complexity index is 418. The van der Waals surface area contributed by atoms with E-state index >= 15 is 0 Å². The van der Waals surface area contributed by atoms with Crippen LogP contribution in [0.3, 0.4) is 0 Å². The Morgan fingerprint density at radius 2 is 2.21 bits per heavy atom. The van der Waals surface area contributed by atoms with Crippen molar-refractivity contribution in [2.75, 3.05) is 24.3 Å². The lowest BCUT2D eigenvalue weighted by molar-refractivity contribution is -0.116. The summed E-state index contributed by atoms with van der Waals surface area (Å²) >= 11 is 1.86. The average molecular weight is 278 g/mol. The minimum absolute atomic E-state index is 0.0488. The smallest absolute Gasteiger partial charge is 0.243 e. The molecule has 1 rings (SSSR count). The summed E-state index contributed by atoms with van der Waals surface area (Å²) in [5.41, 5.74) is 7.31. The topological polar surface area (TPSA) is 55.1 Å².